The van der Waals surface area contributed by atoms with Gasteiger partial charge in [-0.05, 0) is 39.5 Å². The summed E-state index contributed by atoms with van der Waals surface area (Å²) in [6, 6.07) is -0.0145. The summed E-state index contributed by atoms with van der Waals surface area (Å²) in [5.41, 5.74) is 0.0230. The Balaban J connectivity index is 2.06. The first-order chi connectivity index (χ1) is 9.45. The van der Waals surface area contributed by atoms with E-state index in [2.05, 4.69) is 16.0 Å². The van der Waals surface area contributed by atoms with Crippen LogP contribution in [0.25, 0.3) is 0 Å². The van der Waals surface area contributed by atoms with Crippen molar-refractivity contribution >= 4 is 18.2 Å². The second-order valence-corrected chi connectivity index (χ2v) is 5.79. The van der Waals surface area contributed by atoms with Crippen molar-refractivity contribution in [3.05, 3.63) is 0 Å². The van der Waals surface area contributed by atoms with Crippen LogP contribution < -0.4 is 16.0 Å². The SMILES string of the molecule is CC(CCC(=O)NC1(C)CC1)NC(=O)CCCNC=O. The Hall–Kier alpha value is -1.59. The largest absolute Gasteiger partial charge is 0.359 e. The van der Waals surface area contributed by atoms with Crippen LogP contribution in [-0.4, -0.2) is 36.3 Å². The van der Waals surface area contributed by atoms with E-state index in [-0.39, 0.29) is 23.4 Å². The highest BCUT2D eigenvalue weighted by Crippen LogP contribution is 2.34. The third-order valence-electron chi connectivity index (χ3n) is 3.46. The molecule has 1 aliphatic rings. The fourth-order valence-corrected chi connectivity index (χ4v) is 1.89. The predicted molar refractivity (Wildman–Crippen MR) is 75.9 cm³/mol. The number of carbonyl (C=O) groups excluding carboxylic acids is 3. The molecule has 114 valence electrons. The molecule has 0 radical (unpaired) electrons. The summed E-state index contributed by atoms with van der Waals surface area (Å²) < 4.78 is 0. The van der Waals surface area contributed by atoms with E-state index >= 15 is 0 Å². The van der Waals surface area contributed by atoms with Gasteiger partial charge in [0.1, 0.15) is 0 Å². The van der Waals surface area contributed by atoms with Crippen LogP contribution in [0.4, 0.5) is 0 Å². The minimum atomic E-state index is -0.0419. The maximum atomic E-state index is 11.7. The normalized spacial score (nSPS) is 16.9. The molecule has 0 bridgehead atoms. The first-order valence-electron chi connectivity index (χ1n) is 7.22. The molecule has 0 saturated heterocycles. The van der Waals surface area contributed by atoms with Crippen molar-refractivity contribution < 1.29 is 14.4 Å². The average molecular weight is 283 g/mol. The van der Waals surface area contributed by atoms with Crippen LogP contribution in [0.1, 0.15) is 52.4 Å². The summed E-state index contributed by atoms with van der Waals surface area (Å²) in [6.07, 6.45) is 4.81. The van der Waals surface area contributed by atoms with Gasteiger partial charge in [0.15, 0.2) is 0 Å². The number of carbonyl (C=O) groups is 3. The molecule has 0 heterocycles. The van der Waals surface area contributed by atoms with Gasteiger partial charge in [-0.1, -0.05) is 0 Å². The van der Waals surface area contributed by atoms with Crippen LogP contribution in [0.15, 0.2) is 0 Å². The van der Waals surface area contributed by atoms with Crippen LogP contribution in [0.3, 0.4) is 0 Å². The molecular formula is C14H25N3O3. The van der Waals surface area contributed by atoms with Crippen molar-refractivity contribution in [2.45, 2.75) is 64.0 Å². The molecule has 0 spiro atoms. The molecule has 0 aromatic carbocycles. The van der Waals surface area contributed by atoms with Crippen molar-refractivity contribution in [2.75, 3.05) is 6.54 Å². The summed E-state index contributed by atoms with van der Waals surface area (Å²) >= 11 is 0. The molecule has 6 nitrogen and oxygen atoms in total. The van der Waals surface area contributed by atoms with Gasteiger partial charge in [-0.25, -0.2) is 0 Å². The van der Waals surface area contributed by atoms with E-state index in [1.54, 1.807) is 0 Å². The third-order valence-corrected chi connectivity index (χ3v) is 3.46. The molecular weight excluding hydrogens is 258 g/mol. The van der Waals surface area contributed by atoms with Gasteiger partial charge in [0.25, 0.3) is 0 Å². The fourth-order valence-electron chi connectivity index (χ4n) is 1.89. The lowest BCUT2D eigenvalue weighted by molar-refractivity contribution is -0.124. The van der Waals surface area contributed by atoms with Crippen LogP contribution >= 0.6 is 0 Å². The second-order valence-electron chi connectivity index (χ2n) is 5.79. The van der Waals surface area contributed by atoms with E-state index in [9.17, 15) is 14.4 Å². The Labute approximate surface area is 120 Å². The van der Waals surface area contributed by atoms with Crippen LogP contribution in [0.2, 0.25) is 0 Å². The first-order valence-corrected chi connectivity index (χ1v) is 7.22. The van der Waals surface area contributed by atoms with Crippen molar-refractivity contribution in [2.24, 2.45) is 0 Å². The first kappa shape index (κ1) is 16.5. The van der Waals surface area contributed by atoms with Crippen molar-refractivity contribution in [1.29, 1.82) is 0 Å². The van der Waals surface area contributed by atoms with E-state index in [1.807, 2.05) is 13.8 Å². The van der Waals surface area contributed by atoms with Crippen LogP contribution in [0.5, 0.6) is 0 Å². The van der Waals surface area contributed by atoms with E-state index in [0.717, 1.165) is 12.8 Å². The molecule has 1 fully saturated rings. The monoisotopic (exact) mass is 283 g/mol. The molecule has 6 heteroatoms. The minimum Gasteiger partial charge on any atom is -0.359 e. The molecule has 20 heavy (non-hydrogen) atoms. The van der Waals surface area contributed by atoms with Crippen molar-refractivity contribution in [1.82, 2.24) is 16.0 Å². The maximum Gasteiger partial charge on any atom is 0.220 e. The third kappa shape index (κ3) is 7.11. The standard InChI is InChI=1S/C14H25N3O3/c1-11(16-12(19)4-3-9-15-10-18)5-6-13(20)17-14(2)7-8-14/h10-11H,3-9H2,1-2H3,(H,15,18)(H,16,19)(H,17,20). The van der Waals surface area contributed by atoms with Gasteiger partial charge in [0, 0.05) is 31.0 Å². The average Bonchev–Trinajstić information content (AvgIpc) is 3.09. The maximum absolute atomic E-state index is 11.7. The fraction of sp³-hybridized carbons (Fsp3) is 0.786. The van der Waals surface area contributed by atoms with E-state index < -0.39 is 0 Å². The summed E-state index contributed by atoms with van der Waals surface area (Å²) in [5, 5.41) is 8.36. The smallest absolute Gasteiger partial charge is 0.220 e. The highest BCUT2D eigenvalue weighted by Gasteiger charge is 2.38. The molecule has 0 aromatic rings. The van der Waals surface area contributed by atoms with Gasteiger partial charge in [-0.2, -0.15) is 0 Å². The zero-order chi connectivity index (χ0) is 15.0. The predicted octanol–water partition coefficient (Wildman–Crippen LogP) is 0.466. The van der Waals surface area contributed by atoms with Gasteiger partial charge in [0.05, 0.1) is 0 Å². The van der Waals surface area contributed by atoms with E-state index in [4.69, 9.17) is 0 Å². The lowest BCUT2D eigenvalue weighted by Crippen LogP contribution is -2.37. The summed E-state index contributed by atoms with van der Waals surface area (Å²) in [4.78, 5) is 33.3. The Kier molecular flexibility index (Phi) is 6.48. The highest BCUT2D eigenvalue weighted by atomic mass is 16.2. The summed E-state index contributed by atoms with van der Waals surface area (Å²) in [5.74, 6) is 0.0149. The van der Waals surface area contributed by atoms with Gasteiger partial charge in [-0.15, -0.1) is 0 Å². The molecule has 0 aromatic heterocycles. The summed E-state index contributed by atoms with van der Waals surface area (Å²) in [6.45, 7) is 4.45. The number of rotatable bonds is 10. The van der Waals surface area contributed by atoms with Gasteiger partial charge in [0.2, 0.25) is 18.2 Å². The molecule has 1 unspecified atom stereocenters. The Morgan fingerprint density at radius 2 is 1.95 bits per heavy atom. The Bertz CT molecular complexity index is 354. The molecule has 3 amide bonds. The van der Waals surface area contributed by atoms with Gasteiger partial charge < -0.3 is 16.0 Å². The lowest BCUT2D eigenvalue weighted by Gasteiger charge is -2.15. The van der Waals surface area contributed by atoms with Crippen LogP contribution in [0, 0.1) is 0 Å². The number of amides is 3. The van der Waals surface area contributed by atoms with Crippen molar-refractivity contribution in [3.63, 3.8) is 0 Å². The zero-order valence-corrected chi connectivity index (χ0v) is 12.3. The number of hydrogen-bond acceptors (Lipinski definition) is 3. The van der Waals surface area contributed by atoms with E-state index in [0.29, 0.717) is 38.6 Å². The van der Waals surface area contributed by atoms with Crippen molar-refractivity contribution in [3.8, 4) is 0 Å². The quantitative estimate of drug-likeness (QED) is 0.402. The summed E-state index contributed by atoms with van der Waals surface area (Å²) in [7, 11) is 0. The number of nitrogens with one attached hydrogen (secondary N) is 3. The van der Waals surface area contributed by atoms with Crippen LogP contribution in [-0.2, 0) is 14.4 Å². The topological polar surface area (TPSA) is 87.3 Å². The van der Waals surface area contributed by atoms with Gasteiger partial charge in [-0.3, -0.25) is 14.4 Å². The molecule has 1 rings (SSSR count). The van der Waals surface area contributed by atoms with Gasteiger partial charge >= 0.3 is 0 Å². The molecule has 3 N–H and O–H groups in total. The molecule has 1 aliphatic carbocycles. The highest BCUT2D eigenvalue weighted by molar-refractivity contribution is 5.78. The second kappa shape index (κ2) is 7.87. The molecule has 1 atom stereocenters. The lowest BCUT2D eigenvalue weighted by atomic mass is 10.1. The molecule has 0 aliphatic heterocycles. The Morgan fingerprint density at radius 1 is 1.25 bits per heavy atom. The molecule has 1 saturated carbocycles. The Morgan fingerprint density at radius 3 is 2.55 bits per heavy atom. The minimum absolute atomic E-state index is 0.0145. The number of hydrogen-bond donors (Lipinski definition) is 3. The van der Waals surface area contributed by atoms with E-state index in [1.165, 1.54) is 0 Å². The zero-order valence-electron chi connectivity index (χ0n) is 12.3.